The van der Waals surface area contributed by atoms with Crippen LogP contribution in [0.1, 0.15) is 26.7 Å². The molecular formula is C19H26N2O6. The van der Waals surface area contributed by atoms with Crippen LogP contribution in [0.5, 0.6) is 11.5 Å². The predicted molar refractivity (Wildman–Crippen MR) is 99.1 cm³/mol. The Bertz CT molecular complexity index is 718. The molecule has 1 aromatic rings. The number of benzene rings is 1. The first kappa shape index (κ1) is 20.5. The Morgan fingerprint density at radius 2 is 2.00 bits per heavy atom. The van der Waals surface area contributed by atoms with Crippen molar-refractivity contribution in [2.75, 3.05) is 32.2 Å². The molecule has 2 amide bonds. The highest BCUT2D eigenvalue weighted by Crippen LogP contribution is 2.36. The van der Waals surface area contributed by atoms with Crippen molar-refractivity contribution in [3.8, 4) is 11.5 Å². The standard InChI is InChI=1S/C19H26N2O6/c1-12(2)20(8-7-18(23)24)19(25)13-9-17(22)21(11-13)15-6-5-14(26-3)10-16(15)27-4/h5-6,10,12-13H,7-9,11H2,1-4H3,(H,23,24). The van der Waals surface area contributed by atoms with Crippen molar-refractivity contribution in [2.24, 2.45) is 5.92 Å². The molecule has 0 aromatic heterocycles. The maximum absolute atomic E-state index is 12.9. The molecule has 27 heavy (non-hydrogen) atoms. The Kier molecular flexibility index (Phi) is 6.65. The average molecular weight is 378 g/mol. The van der Waals surface area contributed by atoms with Gasteiger partial charge in [-0.1, -0.05) is 0 Å². The lowest BCUT2D eigenvalue weighted by Crippen LogP contribution is -2.43. The van der Waals surface area contributed by atoms with Gasteiger partial charge in [0.25, 0.3) is 0 Å². The summed E-state index contributed by atoms with van der Waals surface area (Å²) < 4.78 is 10.5. The minimum Gasteiger partial charge on any atom is -0.497 e. The van der Waals surface area contributed by atoms with Gasteiger partial charge in [-0.3, -0.25) is 14.4 Å². The van der Waals surface area contributed by atoms with Gasteiger partial charge in [-0.2, -0.15) is 0 Å². The van der Waals surface area contributed by atoms with Gasteiger partial charge in [-0.05, 0) is 26.0 Å². The number of rotatable bonds is 8. The molecular weight excluding hydrogens is 352 g/mol. The zero-order chi connectivity index (χ0) is 20.1. The molecule has 0 aliphatic carbocycles. The van der Waals surface area contributed by atoms with Gasteiger partial charge in [-0.15, -0.1) is 0 Å². The van der Waals surface area contributed by atoms with E-state index >= 15 is 0 Å². The molecule has 1 atom stereocenters. The second-order valence-electron chi connectivity index (χ2n) is 6.71. The number of carbonyl (C=O) groups is 3. The summed E-state index contributed by atoms with van der Waals surface area (Å²) in [5, 5.41) is 8.90. The monoisotopic (exact) mass is 378 g/mol. The number of carboxylic acids is 1. The van der Waals surface area contributed by atoms with Gasteiger partial charge in [0.15, 0.2) is 0 Å². The van der Waals surface area contributed by atoms with E-state index in [4.69, 9.17) is 14.6 Å². The van der Waals surface area contributed by atoms with Gasteiger partial charge in [0.05, 0.1) is 32.2 Å². The van der Waals surface area contributed by atoms with Crippen molar-refractivity contribution in [1.82, 2.24) is 4.90 Å². The number of amides is 2. The Labute approximate surface area is 158 Å². The predicted octanol–water partition coefficient (Wildman–Crippen LogP) is 1.77. The minimum atomic E-state index is -0.958. The van der Waals surface area contributed by atoms with Gasteiger partial charge in [-0.25, -0.2) is 0 Å². The number of carboxylic acid groups (broad SMARTS) is 1. The fraction of sp³-hybridized carbons (Fsp3) is 0.526. The Hall–Kier alpha value is -2.77. The van der Waals surface area contributed by atoms with E-state index in [9.17, 15) is 14.4 Å². The highest BCUT2D eigenvalue weighted by Gasteiger charge is 2.38. The maximum Gasteiger partial charge on any atom is 0.305 e. The first-order chi connectivity index (χ1) is 12.8. The molecule has 1 heterocycles. The SMILES string of the molecule is COc1ccc(N2CC(C(=O)N(CCC(=O)O)C(C)C)CC2=O)c(OC)c1. The van der Waals surface area contributed by atoms with Crippen molar-refractivity contribution in [1.29, 1.82) is 0 Å². The van der Waals surface area contributed by atoms with Crippen LogP contribution in [0.25, 0.3) is 0 Å². The molecule has 8 nitrogen and oxygen atoms in total. The molecule has 1 N–H and O–H groups in total. The van der Waals surface area contributed by atoms with E-state index in [1.807, 2.05) is 13.8 Å². The van der Waals surface area contributed by atoms with Gasteiger partial charge in [0.2, 0.25) is 11.8 Å². The average Bonchev–Trinajstić information content (AvgIpc) is 3.02. The number of aliphatic carboxylic acids is 1. The summed E-state index contributed by atoms with van der Waals surface area (Å²) in [4.78, 5) is 39.3. The number of anilines is 1. The van der Waals surface area contributed by atoms with Crippen LogP contribution in [0.15, 0.2) is 18.2 Å². The van der Waals surface area contributed by atoms with Crippen LogP contribution >= 0.6 is 0 Å². The lowest BCUT2D eigenvalue weighted by Gasteiger charge is -2.29. The second kappa shape index (κ2) is 8.75. The highest BCUT2D eigenvalue weighted by molar-refractivity contribution is 6.01. The van der Waals surface area contributed by atoms with Crippen molar-refractivity contribution in [2.45, 2.75) is 32.7 Å². The summed E-state index contributed by atoms with van der Waals surface area (Å²) in [5.41, 5.74) is 0.584. The van der Waals surface area contributed by atoms with E-state index in [1.54, 1.807) is 25.3 Å². The van der Waals surface area contributed by atoms with Crippen LogP contribution in [0, 0.1) is 5.92 Å². The zero-order valence-electron chi connectivity index (χ0n) is 16.1. The number of nitrogens with zero attached hydrogens (tertiary/aromatic N) is 2. The zero-order valence-corrected chi connectivity index (χ0v) is 16.1. The third-order valence-corrected chi connectivity index (χ3v) is 4.62. The van der Waals surface area contributed by atoms with Crippen molar-refractivity contribution < 1.29 is 29.0 Å². The third-order valence-electron chi connectivity index (χ3n) is 4.62. The first-order valence-corrected chi connectivity index (χ1v) is 8.83. The summed E-state index contributed by atoms with van der Waals surface area (Å²) in [6, 6.07) is 5.00. The summed E-state index contributed by atoms with van der Waals surface area (Å²) >= 11 is 0. The van der Waals surface area contributed by atoms with Crippen LogP contribution < -0.4 is 14.4 Å². The smallest absolute Gasteiger partial charge is 0.305 e. The van der Waals surface area contributed by atoms with Gasteiger partial charge < -0.3 is 24.4 Å². The largest absolute Gasteiger partial charge is 0.497 e. The number of ether oxygens (including phenoxy) is 2. The first-order valence-electron chi connectivity index (χ1n) is 8.83. The highest BCUT2D eigenvalue weighted by atomic mass is 16.5. The number of hydrogen-bond acceptors (Lipinski definition) is 5. The Morgan fingerprint density at radius 3 is 2.56 bits per heavy atom. The second-order valence-corrected chi connectivity index (χ2v) is 6.71. The molecule has 1 aliphatic heterocycles. The van der Waals surface area contributed by atoms with Crippen LogP contribution in [0.3, 0.4) is 0 Å². The van der Waals surface area contributed by atoms with Gasteiger partial charge in [0, 0.05) is 31.6 Å². The van der Waals surface area contributed by atoms with Crippen LogP contribution in [-0.4, -0.2) is 61.1 Å². The molecule has 148 valence electrons. The summed E-state index contributed by atoms with van der Waals surface area (Å²) in [6.07, 6.45) is -0.0368. The van der Waals surface area contributed by atoms with Crippen molar-refractivity contribution >= 4 is 23.5 Å². The molecule has 1 unspecified atom stereocenters. The molecule has 0 bridgehead atoms. The molecule has 0 spiro atoms. The van der Waals surface area contributed by atoms with Crippen molar-refractivity contribution in [3.63, 3.8) is 0 Å². The van der Waals surface area contributed by atoms with Gasteiger partial charge in [0.1, 0.15) is 11.5 Å². The summed E-state index contributed by atoms with van der Waals surface area (Å²) in [7, 11) is 3.05. The molecule has 8 heteroatoms. The lowest BCUT2D eigenvalue weighted by molar-refractivity contribution is -0.141. The minimum absolute atomic E-state index is 0.0876. The van der Waals surface area contributed by atoms with E-state index in [0.29, 0.717) is 17.2 Å². The Balaban J connectivity index is 2.18. The molecule has 0 radical (unpaired) electrons. The summed E-state index contributed by atoms with van der Waals surface area (Å²) in [6.45, 7) is 4.03. The molecule has 1 fully saturated rings. The lowest BCUT2D eigenvalue weighted by atomic mass is 10.1. The molecule has 1 saturated heterocycles. The maximum atomic E-state index is 12.9. The van der Waals surface area contributed by atoms with E-state index in [1.165, 1.54) is 16.9 Å². The fourth-order valence-electron chi connectivity index (χ4n) is 3.19. The normalized spacial score (nSPS) is 16.6. The number of methoxy groups -OCH3 is 2. The molecule has 2 rings (SSSR count). The topological polar surface area (TPSA) is 96.4 Å². The van der Waals surface area contributed by atoms with Crippen LogP contribution in [0.2, 0.25) is 0 Å². The van der Waals surface area contributed by atoms with Crippen LogP contribution in [0.4, 0.5) is 5.69 Å². The Morgan fingerprint density at radius 1 is 1.30 bits per heavy atom. The van der Waals surface area contributed by atoms with E-state index in [0.717, 1.165) is 0 Å². The molecule has 1 aromatic carbocycles. The van der Waals surface area contributed by atoms with Crippen molar-refractivity contribution in [3.05, 3.63) is 18.2 Å². The summed E-state index contributed by atoms with van der Waals surface area (Å²) in [5.74, 6) is -0.744. The number of carbonyl (C=O) groups excluding carboxylic acids is 2. The third kappa shape index (κ3) is 4.69. The molecule has 1 aliphatic rings. The fourth-order valence-corrected chi connectivity index (χ4v) is 3.19. The van der Waals surface area contributed by atoms with E-state index in [2.05, 4.69) is 0 Å². The number of hydrogen-bond donors (Lipinski definition) is 1. The van der Waals surface area contributed by atoms with Crippen LogP contribution in [-0.2, 0) is 14.4 Å². The molecule has 0 saturated carbocycles. The quantitative estimate of drug-likeness (QED) is 0.741. The van der Waals surface area contributed by atoms with Gasteiger partial charge >= 0.3 is 5.97 Å². The van der Waals surface area contributed by atoms with E-state index < -0.39 is 11.9 Å². The van der Waals surface area contributed by atoms with E-state index in [-0.39, 0.29) is 43.8 Å².